The zero-order valence-corrected chi connectivity index (χ0v) is 15.5. The summed E-state index contributed by atoms with van der Waals surface area (Å²) >= 11 is 0. The van der Waals surface area contributed by atoms with Gasteiger partial charge in [0, 0.05) is 10.9 Å². The second kappa shape index (κ2) is 7.96. The number of hydrogen-bond acceptors (Lipinski definition) is 4. The number of fused-ring (bicyclic) bond motifs is 1. The number of ether oxygens (including phenoxy) is 2. The van der Waals surface area contributed by atoms with Crippen molar-refractivity contribution < 1.29 is 14.3 Å². The maximum Gasteiger partial charge on any atom is 0.327 e. The largest absolute Gasteiger partial charge is 0.489 e. The Balaban J connectivity index is 1.58. The van der Waals surface area contributed by atoms with Crippen molar-refractivity contribution >= 4 is 16.9 Å². The van der Waals surface area contributed by atoms with Crippen LogP contribution in [0.4, 0.5) is 0 Å². The Morgan fingerprint density at radius 1 is 0.929 bits per heavy atom. The Kier molecular flexibility index (Phi) is 5.06. The van der Waals surface area contributed by atoms with Crippen molar-refractivity contribution in [2.75, 3.05) is 7.11 Å². The van der Waals surface area contributed by atoms with Gasteiger partial charge in [0.1, 0.15) is 24.6 Å². The number of esters is 1. The maximum absolute atomic E-state index is 11.7. The molecule has 4 aromatic rings. The van der Waals surface area contributed by atoms with Crippen molar-refractivity contribution in [1.82, 2.24) is 9.78 Å². The van der Waals surface area contributed by atoms with E-state index >= 15 is 0 Å². The summed E-state index contributed by atoms with van der Waals surface area (Å²) in [5, 5.41) is 5.64. The highest BCUT2D eigenvalue weighted by Gasteiger charge is 2.14. The van der Waals surface area contributed by atoms with Crippen LogP contribution in [0.5, 0.6) is 5.75 Å². The van der Waals surface area contributed by atoms with E-state index in [1.54, 1.807) is 4.68 Å². The van der Waals surface area contributed by atoms with Crippen LogP contribution >= 0.6 is 0 Å². The van der Waals surface area contributed by atoms with Crippen molar-refractivity contribution in [1.29, 1.82) is 0 Å². The summed E-state index contributed by atoms with van der Waals surface area (Å²) in [6.07, 6.45) is 0. The SMILES string of the molecule is COC(=O)Cn1nc(-c2ccc(OCc3ccccc3)cc2)c2ccccc21. The Bertz CT molecular complexity index is 1090. The molecule has 0 amide bonds. The Morgan fingerprint density at radius 3 is 2.39 bits per heavy atom. The van der Waals surface area contributed by atoms with E-state index in [0.717, 1.165) is 33.5 Å². The Labute approximate surface area is 163 Å². The summed E-state index contributed by atoms with van der Waals surface area (Å²) in [5.41, 5.74) is 3.81. The van der Waals surface area contributed by atoms with Crippen molar-refractivity contribution in [2.45, 2.75) is 13.2 Å². The summed E-state index contributed by atoms with van der Waals surface area (Å²) in [5.74, 6) is 0.468. The lowest BCUT2D eigenvalue weighted by molar-refractivity contribution is -0.141. The van der Waals surface area contributed by atoms with E-state index in [2.05, 4.69) is 5.10 Å². The van der Waals surface area contributed by atoms with Crippen LogP contribution in [0, 0.1) is 0 Å². The molecule has 0 N–H and O–H groups in total. The van der Waals surface area contributed by atoms with Crippen LogP contribution in [0.1, 0.15) is 5.56 Å². The Hall–Kier alpha value is -3.60. The molecule has 0 spiro atoms. The van der Waals surface area contributed by atoms with E-state index in [4.69, 9.17) is 9.47 Å². The number of nitrogens with zero attached hydrogens (tertiary/aromatic N) is 2. The fourth-order valence-electron chi connectivity index (χ4n) is 3.10. The van der Waals surface area contributed by atoms with E-state index in [1.807, 2.05) is 78.9 Å². The molecule has 1 aromatic heterocycles. The van der Waals surface area contributed by atoms with Gasteiger partial charge in [-0.25, -0.2) is 0 Å². The van der Waals surface area contributed by atoms with Crippen LogP contribution in [0.3, 0.4) is 0 Å². The summed E-state index contributed by atoms with van der Waals surface area (Å²) in [7, 11) is 1.38. The van der Waals surface area contributed by atoms with Crippen LogP contribution in [-0.4, -0.2) is 22.9 Å². The number of methoxy groups -OCH3 is 1. The molecule has 0 radical (unpaired) electrons. The third kappa shape index (κ3) is 3.74. The molecule has 0 fully saturated rings. The van der Waals surface area contributed by atoms with Gasteiger partial charge in [0.15, 0.2) is 0 Å². The van der Waals surface area contributed by atoms with Gasteiger partial charge >= 0.3 is 5.97 Å². The third-order valence-electron chi connectivity index (χ3n) is 4.54. The number of benzene rings is 3. The molecule has 3 aromatic carbocycles. The van der Waals surface area contributed by atoms with Crippen LogP contribution in [-0.2, 0) is 22.7 Å². The number of carbonyl (C=O) groups is 1. The molecule has 0 unspecified atom stereocenters. The first-order valence-electron chi connectivity index (χ1n) is 9.04. The van der Waals surface area contributed by atoms with Gasteiger partial charge < -0.3 is 9.47 Å². The standard InChI is InChI=1S/C23H20N2O3/c1-27-22(26)15-25-21-10-6-5-9-20(21)23(24-25)18-11-13-19(14-12-18)28-16-17-7-3-2-4-8-17/h2-14H,15-16H2,1H3. The topological polar surface area (TPSA) is 53.4 Å². The first-order chi connectivity index (χ1) is 13.7. The number of carbonyl (C=O) groups excluding carboxylic acids is 1. The molecule has 0 aliphatic rings. The fourth-order valence-corrected chi connectivity index (χ4v) is 3.10. The van der Waals surface area contributed by atoms with Crippen LogP contribution in [0.15, 0.2) is 78.9 Å². The monoisotopic (exact) mass is 372 g/mol. The van der Waals surface area contributed by atoms with E-state index in [-0.39, 0.29) is 12.5 Å². The lowest BCUT2D eigenvalue weighted by Crippen LogP contribution is -2.12. The molecule has 0 atom stereocenters. The average Bonchev–Trinajstić information content (AvgIpc) is 3.12. The zero-order chi connectivity index (χ0) is 19.3. The molecular formula is C23H20N2O3. The highest BCUT2D eigenvalue weighted by atomic mass is 16.5. The average molecular weight is 372 g/mol. The molecule has 5 heteroatoms. The van der Waals surface area contributed by atoms with Gasteiger partial charge in [0.25, 0.3) is 0 Å². The van der Waals surface area contributed by atoms with Gasteiger partial charge in [0.2, 0.25) is 0 Å². The smallest absolute Gasteiger partial charge is 0.327 e. The highest BCUT2D eigenvalue weighted by Crippen LogP contribution is 2.29. The summed E-state index contributed by atoms with van der Waals surface area (Å²) < 4.78 is 12.3. The Morgan fingerprint density at radius 2 is 1.64 bits per heavy atom. The van der Waals surface area contributed by atoms with Gasteiger partial charge in [-0.1, -0.05) is 48.5 Å². The van der Waals surface area contributed by atoms with E-state index in [9.17, 15) is 4.79 Å². The molecule has 28 heavy (non-hydrogen) atoms. The summed E-state index contributed by atoms with van der Waals surface area (Å²) in [6, 6.07) is 25.8. The predicted molar refractivity (Wildman–Crippen MR) is 108 cm³/mol. The number of hydrogen-bond donors (Lipinski definition) is 0. The second-order valence-electron chi connectivity index (χ2n) is 6.40. The summed E-state index contributed by atoms with van der Waals surface area (Å²) in [4.78, 5) is 11.7. The maximum atomic E-state index is 11.7. The first-order valence-corrected chi connectivity index (χ1v) is 9.04. The molecule has 0 aliphatic carbocycles. The zero-order valence-electron chi connectivity index (χ0n) is 15.5. The molecule has 0 saturated heterocycles. The first kappa shape index (κ1) is 17.8. The number of aromatic nitrogens is 2. The van der Waals surface area contributed by atoms with E-state index in [0.29, 0.717) is 6.61 Å². The van der Waals surface area contributed by atoms with Gasteiger partial charge in [-0.2, -0.15) is 5.10 Å². The lowest BCUT2D eigenvalue weighted by Gasteiger charge is -2.07. The van der Waals surface area contributed by atoms with Crippen molar-refractivity contribution in [3.05, 3.63) is 84.4 Å². The quantitative estimate of drug-likeness (QED) is 0.469. The molecule has 0 bridgehead atoms. The number of para-hydroxylation sites is 1. The van der Waals surface area contributed by atoms with E-state index in [1.165, 1.54) is 7.11 Å². The molecule has 0 saturated carbocycles. The molecule has 0 aliphatic heterocycles. The van der Waals surface area contributed by atoms with Crippen LogP contribution in [0.25, 0.3) is 22.2 Å². The van der Waals surface area contributed by atoms with Crippen molar-refractivity contribution in [3.8, 4) is 17.0 Å². The molecular weight excluding hydrogens is 352 g/mol. The van der Waals surface area contributed by atoms with E-state index < -0.39 is 0 Å². The van der Waals surface area contributed by atoms with Gasteiger partial charge in [-0.3, -0.25) is 9.48 Å². The minimum absolute atomic E-state index is 0.0787. The van der Waals surface area contributed by atoms with Gasteiger partial charge in [-0.15, -0.1) is 0 Å². The van der Waals surface area contributed by atoms with Crippen molar-refractivity contribution in [3.63, 3.8) is 0 Å². The third-order valence-corrected chi connectivity index (χ3v) is 4.54. The second-order valence-corrected chi connectivity index (χ2v) is 6.40. The summed E-state index contributed by atoms with van der Waals surface area (Å²) in [6.45, 7) is 0.603. The van der Waals surface area contributed by atoms with Gasteiger partial charge in [-0.05, 0) is 35.9 Å². The fraction of sp³-hybridized carbons (Fsp3) is 0.130. The minimum Gasteiger partial charge on any atom is -0.489 e. The van der Waals surface area contributed by atoms with Crippen LogP contribution in [0.2, 0.25) is 0 Å². The highest BCUT2D eigenvalue weighted by molar-refractivity contribution is 5.93. The van der Waals surface area contributed by atoms with Crippen molar-refractivity contribution in [2.24, 2.45) is 0 Å². The molecule has 1 heterocycles. The van der Waals surface area contributed by atoms with Gasteiger partial charge in [0.05, 0.1) is 12.6 Å². The number of rotatable bonds is 6. The molecule has 140 valence electrons. The molecule has 5 nitrogen and oxygen atoms in total. The van der Waals surface area contributed by atoms with Crippen LogP contribution < -0.4 is 4.74 Å². The predicted octanol–water partition coefficient (Wildman–Crippen LogP) is 4.46. The normalized spacial score (nSPS) is 10.8. The lowest BCUT2D eigenvalue weighted by atomic mass is 10.1. The minimum atomic E-state index is -0.329. The molecule has 4 rings (SSSR count).